The number of benzene rings is 7. The Morgan fingerprint density at radius 3 is 1.64 bits per heavy atom. The molecule has 2 aromatic heterocycles. The van der Waals surface area contributed by atoms with E-state index in [2.05, 4.69) is 167 Å². The standard InChI is InChI=1S/C40H26N2/c1-3-13-27(14-4-1)37-31-18-7-9-20-33(31)39(34-21-10-8-19-32(34)37)41-26-25-28-23-24-35-30-17-11-12-22-36(30)42(40(35)38(28)41)29-15-5-2-6-16-29/h1-26H. The maximum absolute atomic E-state index is 2.44. The molecule has 0 fully saturated rings. The average Bonchev–Trinajstić information content (AvgIpc) is 3.63. The summed E-state index contributed by atoms with van der Waals surface area (Å²) < 4.78 is 4.88. The highest BCUT2D eigenvalue weighted by molar-refractivity contribution is 6.21. The molecule has 0 aliphatic carbocycles. The molecule has 2 heterocycles. The Morgan fingerprint density at radius 1 is 0.381 bits per heavy atom. The number of rotatable bonds is 3. The second-order valence-electron chi connectivity index (χ2n) is 11.0. The van der Waals surface area contributed by atoms with Crippen LogP contribution < -0.4 is 0 Å². The van der Waals surface area contributed by atoms with Crippen molar-refractivity contribution in [1.82, 2.24) is 9.13 Å². The Balaban J connectivity index is 1.49. The van der Waals surface area contributed by atoms with Gasteiger partial charge in [-0.2, -0.15) is 0 Å². The van der Waals surface area contributed by atoms with Crippen molar-refractivity contribution < 1.29 is 0 Å². The highest BCUT2D eigenvalue weighted by Gasteiger charge is 2.21. The predicted molar refractivity (Wildman–Crippen MR) is 178 cm³/mol. The molecule has 9 rings (SSSR count). The fourth-order valence-electron chi connectivity index (χ4n) is 6.99. The summed E-state index contributed by atoms with van der Waals surface area (Å²) in [6.45, 7) is 0. The van der Waals surface area contributed by atoms with E-state index in [-0.39, 0.29) is 0 Å². The fraction of sp³-hybridized carbons (Fsp3) is 0. The minimum Gasteiger partial charge on any atom is -0.313 e. The Kier molecular flexibility index (Phi) is 4.93. The smallest absolute Gasteiger partial charge is 0.0788 e. The summed E-state index contributed by atoms with van der Waals surface area (Å²) in [5.74, 6) is 0. The van der Waals surface area contributed by atoms with Crippen LogP contribution in [0.15, 0.2) is 158 Å². The van der Waals surface area contributed by atoms with E-state index in [0.717, 1.165) is 5.69 Å². The normalized spacial score (nSPS) is 11.8. The summed E-state index contributed by atoms with van der Waals surface area (Å²) in [5.41, 5.74) is 8.56. The maximum atomic E-state index is 2.44. The van der Waals surface area contributed by atoms with Crippen molar-refractivity contribution in [3.05, 3.63) is 158 Å². The first-order valence-corrected chi connectivity index (χ1v) is 14.5. The Bertz CT molecular complexity index is 2390. The largest absolute Gasteiger partial charge is 0.313 e. The van der Waals surface area contributed by atoms with E-state index in [1.807, 2.05) is 0 Å². The molecule has 7 aromatic carbocycles. The number of hydrogen-bond donors (Lipinski definition) is 0. The summed E-state index contributed by atoms with van der Waals surface area (Å²) >= 11 is 0. The van der Waals surface area contributed by atoms with E-state index in [4.69, 9.17) is 0 Å². The zero-order valence-corrected chi connectivity index (χ0v) is 22.9. The van der Waals surface area contributed by atoms with Gasteiger partial charge in [0.2, 0.25) is 0 Å². The zero-order valence-electron chi connectivity index (χ0n) is 22.9. The van der Waals surface area contributed by atoms with Crippen LogP contribution in [0.2, 0.25) is 0 Å². The van der Waals surface area contributed by atoms with Crippen molar-refractivity contribution in [2.24, 2.45) is 0 Å². The van der Waals surface area contributed by atoms with Crippen LogP contribution in [0.3, 0.4) is 0 Å². The van der Waals surface area contributed by atoms with Crippen LogP contribution in [0.1, 0.15) is 0 Å². The minimum absolute atomic E-state index is 1.16. The van der Waals surface area contributed by atoms with Crippen LogP contribution in [0, 0.1) is 0 Å². The van der Waals surface area contributed by atoms with Crippen molar-refractivity contribution in [1.29, 1.82) is 0 Å². The molecular formula is C40H26N2. The Labute approximate surface area is 243 Å². The van der Waals surface area contributed by atoms with Gasteiger partial charge in [-0.1, -0.05) is 127 Å². The molecule has 0 aliphatic rings. The summed E-state index contributed by atoms with van der Waals surface area (Å²) in [6, 6.07) is 54.9. The maximum Gasteiger partial charge on any atom is 0.0788 e. The lowest BCUT2D eigenvalue weighted by Crippen LogP contribution is -2.00. The molecule has 196 valence electrons. The lowest BCUT2D eigenvalue weighted by atomic mass is 9.90. The van der Waals surface area contributed by atoms with E-state index in [1.54, 1.807) is 0 Å². The van der Waals surface area contributed by atoms with E-state index >= 15 is 0 Å². The number of fused-ring (bicyclic) bond motifs is 7. The average molecular weight is 535 g/mol. The first-order chi connectivity index (χ1) is 20.9. The third-order valence-electron chi connectivity index (χ3n) is 8.71. The molecule has 9 aromatic rings. The number of para-hydroxylation sites is 2. The topological polar surface area (TPSA) is 9.86 Å². The molecule has 42 heavy (non-hydrogen) atoms. The quantitative estimate of drug-likeness (QED) is 0.200. The molecule has 0 saturated carbocycles. The number of aromatic nitrogens is 2. The summed E-state index contributed by atoms with van der Waals surface area (Å²) in [4.78, 5) is 0. The third-order valence-corrected chi connectivity index (χ3v) is 8.71. The van der Waals surface area contributed by atoms with Crippen molar-refractivity contribution in [2.75, 3.05) is 0 Å². The van der Waals surface area contributed by atoms with Crippen molar-refractivity contribution in [3.8, 4) is 22.5 Å². The van der Waals surface area contributed by atoms with Gasteiger partial charge in [0.25, 0.3) is 0 Å². The van der Waals surface area contributed by atoms with Crippen LogP contribution in [-0.4, -0.2) is 9.13 Å². The van der Waals surface area contributed by atoms with Gasteiger partial charge in [0.05, 0.1) is 22.2 Å². The van der Waals surface area contributed by atoms with E-state index < -0.39 is 0 Å². The fourth-order valence-corrected chi connectivity index (χ4v) is 6.99. The van der Waals surface area contributed by atoms with E-state index in [1.165, 1.54) is 71.1 Å². The molecule has 0 unspecified atom stereocenters. The molecule has 0 amide bonds. The molecular weight excluding hydrogens is 508 g/mol. The monoisotopic (exact) mass is 534 g/mol. The molecule has 2 heteroatoms. The van der Waals surface area contributed by atoms with Crippen molar-refractivity contribution in [2.45, 2.75) is 0 Å². The Hall–Kier alpha value is -5.60. The molecule has 0 bridgehead atoms. The van der Waals surface area contributed by atoms with Gasteiger partial charge in [0.1, 0.15) is 0 Å². The molecule has 0 radical (unpaired) electrons. The van der Waals surface area contributed by atoms with Crippen molar-refractivity contribution >= 4 is 54.3 Å². The molecule has 0 saturated heterocycles. The molecule has 0 spiro atoms. The predicted octanol–water partition coefficient (Wildman–Crippen LogP) is 10.7. The second kappa shape index (κ2) is 8.95. The first-order valence-electron chi connectivity index (χ1n) is 14.5. The van der Waals surface area contributed by atoms with Gasteiger partial charge in [-0.15, -0.1) is 0 Å². The lowest BCUT2D eigenvalue weighted by molar-refractivity contribution is 1.14. The Morgan fingerprint density at radius 2 is 0.952 bits per heavy atom. The molecule has 0 N–H and O–H groups in total. The zero-order chi connectivity index (χ0) is 27.6. The first kappa shape index (κ1) is 23.1. The van der Waals surface area contributed by atoms with Gasteiger partial charge >= 0.3 is 0 Å². The summed E-state index contributed by atoms with van der Waals surface area (Å²) in [7, 11) is 0. The third kappa shape index (κ3) is 3.21. The SMILES string of the molecule is c1ccc(-c2c3ccccc3c(-n3ccc4ccc5c6ccccc6n(-c6ccccc6)c5c43)c3ccccc23)cc1. The van der Waals surface area contributed by atoms with Gasteiger partial charge in [0.15, 0.2) is 0 Å². The van der Waals surface area contributed by atoms with E-state index in [0.29, 0.717) is 0 Å². The number of hydrogen-bond acceptors (Lipinski definition) is 0. The van der Waals surface area contributed by atoms with Crippen LogP contribution in [0.25, 0.3) is 76.8 Å². The van der Waals surface area contributed by atoms with Crippen LogP contribution in [0.5, 0.6) is 0 Å². The highest BCUT2D eigenvalue weighted by atomic mass is 15.0. The second-order valence-corrected chi connectivity index (χ2v) is 11.0. The van der Waals surface area contributed by atoms with Crippen molar-refractivity contribution in [3.63, 3.8) is 0 Å². The van der Waals surface area contributed by atoms with Gasteiger partial charge in [-0.05, 0) is 46.2 Å². The number of nitrogens with zero attached hydrogens (tertiary/aromatic N) is 2. The van der Waals surface area contributed by atoms with Gasteiger partial charge in [-0.25, -0.2) is 0 Å². The molecule has 0 atom stereocenters. The van der Waals surface area contributed by atoms with Crippen LogP contribution in [0.4, 0.5) is 0 Å². The minimum atomic E-state index is 1.16. The molecule has 0 aliphatic heterocycles. The van der Waals surface area contributed by atoms with Crippen LogP contribution in [-0.2, 0) is 0 Å². The summed E-state index contributed by atoms with van der Waals surface area (Å²) in [5, 5.41) is 8.75. The van der Waals surface area contributed by atoms with Gasteiger partial charge < -0.3 is 9.13 Å². The van der Waals surface area contributed by atoms with E-state index in [9.17, 15) is 0 Å². The summed E-state index contributed by atoms with van der Waals surface area (Å²) in [6.07, 6.45) is 2.26. The lowest BCUT2D eigenvalue weighted by Gasteiger charge is -2.19. The van der Waals surface area contributed by atoms with Crippen LogP contribution >= 0.6 is 0 Å². The highest BCUT2D eigenvalue weighted by Crippen LogP contribution is 2.44. The van der Waals surface area contributed by atoms with Gasteiger partial charge in [0, 0.05) is 38.8 Å². The molecule has 2 nitrogen and oxygen atoms in total. The van der Waals surface area contributed by atoms with Gasteiger partial charge in [-0.3, -0.25) is 0 Å².